The van der Waals surface area contributed by atoms with Crippen LogP contribution >= 0.6 is 0 Å². The first-order chi connectivity index (χ1) is 12.4. The molecule has 5 heteroatoms. The lowest BCUT2D eigenvalue weighted by Crippen LogP contribution is -2.40. The Morgan fingerprint density at radius 2 is 1.96 bits per heavy atom. The van der Waals surface area contributed by atoms with Crippen LogP contribution in [0, 0.1) is 5.92 Å². The van der Waals surface area contributed by atoms with Crippen molar-refractivity contribution in [3.8, 4) is 0 Å². The molecule has 1 spiro atoms. The van der Waals surface area contributed by atoms with E-state index in [0.717, 1.165) is 38.5 Å². The minimum atomic E-state index is -0.759. The monoisotopic (exact) mass is 358 g/mol. The van der Waals surface area contributed by atoms with E-state index in [1.807, 2.05) is 0 Å². The van der Waals surface area contributed by atoms with E-state index in [4.69, 9.17) is 9.47 Å². The summed E-state index contributed by atoms with van der Waals surface area (Å²) >= 11 is 0. The van der Waals surface area contributed by atoms with Gasteiger partial charge in [-0.3, -0.25) is 0 Å². The third-order valence-corrected chi connectivity index (χ3v) is 6.71. The SMILES string of the molecule is C/C1=C/CCC2(C)OC2CC2C(C/C(C)=C\CC1)OC(=O)C21CCN=N1. The number of carbonyl (C=O) groups is 1. The summed E-state index contributed by atoms with van der Waals surface area (Å²) < 4.78 is 12.0. The third-order valence-electron chi connectivity index (χ3n) is 6.71. The standard InChI is InChI=1S/C21H30N2O3/c1-14-6-4-7-15(2)12-17-16(13-18-20(3,26-18)9-5-8-14)21(19(24)25-17)10-11-22-23-21/h7-8,16-18H,4-6,9-13H2,1-3H3/b14-8-,15-7-. The van der Waals surface area contributed by atoms with E-state index < -0.39 is 5.54 Å². The van der Waals surface area contributed by atoms with Crippen molar-refractivity contribution in [3.63, 3.8) is 0 Å². The van der Waals surface area contributed by atoms with Gasteiger partial charge in [0.15, 0.2) is 5.54 Å². The first-order valence-corrected chi connectivity index (χ1v) is 10.0. The maximum atomic E-state index is 12.7. The van der Waals surface area contributed by atoms with Gasteiger partial charge in [-0.1, -0.05) is 23.3 Å². The lowest BCUT2D eigenvalue weighted by molar-refractivity contribution is -0.145. The van der Waals surface area contributed by atoms with E-state index in [-0.39, 0.29) is 29.7 Å². The fraction of sp³-hybridized carbons (Fsp3) is 0.762. The Morgan fingerprint density at radius 1 is 1.15 bits per heavy atom. The molecule has 0 aromatic rings. The van der Waals surface area contributed by atoms with Crippen LogP contribution < -0.4 is 0 Å². The second kappa shape index (κ2) is 6.59. The van der Waals surface area contributed by atoms with Crippen LogP contribution in [0.5, 0.6) is 0 Å². The first kappa shape index (κ1) is 17.9. The normalized spacial score (nSPS) is 47.2. The molecule has 0 N–H and O–H groups in total. The maximum absolute atomic E-state index is 12.7. The Kier molecular flexibility index (Phi) is 4.54. The summed E-state index contributed by atoms with van der Waals surface area (Å²) in [7, 11) is 0. The Labute approximate surface area is 155 Å². The van der Waals surface area contributed by atoms with Gasteiger partial charge in [-0.15, -0.1) is 0 Å². The van der Waals surface area contributed by atoms with Crippen molar-refractivity contribution < 1.29 is 14.3 Å². The van der Waals surface area contributed by atoms with Crippen molar-refractivity contribution in [2.75, 3.05) is 6.54 Å². The van der Waals surface area contributed by atoms with E-state index in [2.05, 4.69) is 43.2 Å². The molecule has 26 heavy (non-hydrogen) atoms. The summed E-state index contributed by atoms with van der Waals surface area (Å²) in [4.78, 5) is 12.7. The number of nitrogens with zero attached hydrogens (tertiary/aromatic N) is 2. The van der Waals surface area contributed by atoms with E-state index in [1.54, 1.807) is 0 Å². The molecule has 0 bridgehead atoms. The Morgan fingerprint density at radius 3 is 2.73 bits per heavy atom. The third kappa shape index (κ3) is 3.15. The van der Waals surface area contributed by atoms with Crippen LogP contribution in [-0.2, 0) is 14.3 Å². The molecule has 2 saturated heterocycles. The molecule has 3 aliphatic heterocycles. The highest BCUT2D eigenvalue weighted by Gasteiger charge is 2.63. The summed E-state index contributed by atoms with van der Waals surface area (Å²) in [5.74, 6) is -0.109. The van der Waals surface area contributed by atoms with Gasteiger partial charge in [-0.25, -0.2) is 4.79 Å². The van der Waals surface area contributed by atoms with E-state index >= 15 is 0 Å². The van der Waals surface area contributed by atoms with Gasteiger partial charge in [0.25, 0.3) is 0 Å². The van der Waals surface area contributed by atoms with Gasteiger partial charge >= 0.3 is 5.97 Å². The highest BCUT2D eigenvalue weighted by Crippen LogP contribution is 2.51. The second-order valence-corrected chi connectivity index (χ2v) is 8.73. The van der Waals surface area contributed by atoms with Crippen LogP contribution in [0.2, 0.25) is 0 Å². The largest absolute Gasteiger partial charge is 0.460 e. The number of epoxide rings is 1. The van der Waals surface area contributed by atoms with Crippen LogP contribution in [0.15, 0.2) is 33.5 Å². The number of hydrogen-bond donors (Lipinski definition) is 0. The molecule has 1 aliphatic carbocycles. The summed E-state index contributed by atoms with van der Waals surface area (Å²) in [6.07, 6.45) is 11.3. The molecule has 0 saturated carbocycles. The highest BCUT2D eigenvalue weighted by molar-refractivity contribution is 5.84. The topological polar surface area (TPSA) is 63.5 Å². The molecule has 0 aromatic carbocycles. The summed E-state index contributed by atoms with van der Waals surface area (Å²) in [5, 5.41) is 8.57. The molecule has 3 heterocycles. The van der Waals surface area contributed by atoms with Gasteiger partial charge in [-0.05, 0) is 52.9 Å². The average molecular weight is 358 g/mol. The number of azo groups is 1. The zero-order valence-corrected chi connectivity index (χ0v) is 16.2. The van der Waals surface area contributed by atoms with E-state index in [9.17, 15) is 4.79 Å². The molecule has 5 unspecified atom stereocenters. The van der Waals surface area contributed by atoms with E-state index in [0.29, 0.717) is 13.0 Å². The minimum Gasteiger partial charge on any atom is -0.460 e. The van der Waals surface area contributed by atoms with Crippen molar-refractivity contribution in [2.45, 2.75) is 89.1 Å². The molecule has 0 aromatic heterocycles. The van der Waals surface area contributed by atoms with E-state index in [1.165, 1.54) is 11.1 Å². The molecule has 0 radical (unpaired) electrons. The quantitative estimate of drug-likeness (QED) is 0.363. The fourth-order valence-electron chi connectivity index (χ4n) is 4.85. The van der Waals surface area contributed by atoms with Gasteiger partial charge in [0.1, 0.15) is 6.10 Å². The number of ether oxygens (including phenoxy) is 2. The number of fused-ring (bicyclic) bond motifs is 3. The number of esters is 1. The van der Waals surface area contributed by atoms with Crippen molar-refractivity contribution >= 4 is 5.97 Å². The zero-order chi connectivity index (χ0) is 18.4. The number of hydrogen-bond acceptors (Lipinski definition) is 5. The van der Waals surface area contributed by atoms with Gasteiger partial charge in [0, 0.05) is 18.8 Å². The molecule has 5 atom stereocenters. The fourth-order valence-corrected chi connectivity index (χ4v) is 4.85. The van der Waals surface area contributed by atoms with Crippen LogP contribution in [0.4, 0.5) is 0 Å². The maximum Gasteiger partial charge on any atom is 0.336 e. The first-order valence-electron chi connectivity index (χ1n) is 10.0. The van der Waals surface area contributed by atoms with Gasteiger partial charge in [-0.2, -0.15) is 10.2 Å². The predicted octanol–water partition coefficient (Wildman–Crippen LogP) is 4.53. The van der Waals surface area contributed by atoms with Crippen LogP contribution in [0.1, 0.15) is 65.7 Å². The number of rotatable bonds is 0. The summed E-state index contributed by atoms with van der Waals surface area (Å²) in [6.45, 7) is 7.19. The van der Waals surface area contributed by atoms with Crippen LogP contribution in [0.3, 0.4) is 0 Å². The molecular formula is C21H30N2O3. The number of allylic oxidation sites excluding steroid dienone is 3. The summed E-state index contributed by atoms with van der Waals surface area (Å²) in [5.41, 5.74) is 1.91. The second-order valence-electron chi connectivity index (χ2n) is 8.73. The zero-order valence-electron chi connectivity index (χ0n) is 16.2. The van der Waals surface area contributed by atoms with Gasteiger partial charge in [0.2, 0.25) is 0 Å². The van der Waals surface area contributed by atoms with Gasteiger partial charge in [0.05, 0.1) is 18.2 Å². The summed E-state index contributed by atoms with van der Waals surface area (Å²) in [6, 6.07) is 0. The molecule has 4 rings (SSSR count). The molecule has 5 nitrogen and oxygen atoms in total. The van der Waals surface area contributed by atoms with Crippen LogP contribution in [0.25, 0.3) is 0 Å². The van der Waals surface area contributed by atoms with Crippen molar-refractivity contribution in [1.82, 2.24) is 0 Å². The minimum absolute atomic E-state index is 0.0663. The Bertz CT molecular complexity index is 683. The predicted molar refractivity (Wildman–Crippen MR) is 98.9 cm³/mol. The number of carbonyl (C=O) groups excluding carboxylic acids is 1. The average Bonchev–Trinajstić information content (AvgIpc) is 2.94. The lowest BCUT2D eigenvalue weighted by atomic mass is 9.76. The van der Waals surface area contributed by atoms with Crippen LogP contribution in [-0.4, -0.2) is 35.9 Å². The Balaban J connectivity index is 1.60. The molecular weight excluding hydrogens is 328 g/mol. The van der Waals surface area contributed by atoms with Crippen molar-refractivity contribution in [2.24, 2.45) is 16.1 Å². The molecule has 0 amide bonds. The highest BCUT2D eigenvalue weighted by atomic mass is 16.6. The molecule has 4 aliphatic rings. The Hall–Kier alpha value is -1.49. The van der Waals surface area contributed by atoms with Crippen molar-refractivity contribution in [1.29, 1.82) is 0 Å². The molecule has 142 valence electrons. The molecule has 2 fully saturated rings. The smallest absolute Gasteiger partial charge is 0.336 e. The lowest BCUT2D eigenvalue weighted by Gasteiger charge is -2.25. The van der Waals surface area contributed by atoms with Gasteiger partial charge < -0.3 is 9.47 Å². The van der Waals surface area contributed by atoms with Crippen molar-refractivity contribution in [3.05, 3.63) is 23.3 Å².